The van der Waals surface area contributed by atoms with Crippen LogP contribution in [0.25, 0.3) is 0 Å². The van der Waals surface area contributed by atoms with Crippen LogP contribution in [0.1, 0.15) is 44.3 Å². The lowest BCUT2D eigenvalue weighted by Crippen LogP contribution is -2.24. The van der Waals surface area contributed by atoms with E-state index in [-0.39, 0.29) is 6.10 Å². The molecule has 1 fully saturated rings. The van der Waals surface area contributed by atoms with Crippen LogP contribution in [0.5, 0.6) is 5.75 Å². The Hall–Kier alpha value is -0.290. The molecule has 0 aliphatic heterocycles. The molecule has 0 amide bonds. The molecule has 19 heavy (non-hydrogen) atoms. The number of halogens is 1. The quantitative estimate of drug-likeness (QED) is 0.546. The molecule has 3 unspecified atom stereocenters. The van der Waals surface area contributed by atoms with Crippen molar-refractivity contribution >= 4 is 22.6 Å². The molecule has 0 aromatic heterocycles. The molecule has 1 saturated carbocycles. The maximum Gasteiger partial charge on any atom is 0.119 e. The van der Waals surface area contributed by atoms with Crippen molar-refractivity contribution in [3.63, 3.8) is 0 Å². The fraction of sp³-hybridized carbons (Fsp3) is 0.625. The highest BCUT2D eigenvalue weighted by Gasteiger charge is 2.23. The highest BCUT2D eigenvalue weighted by atomic mass is 127. The van der Waals surface area contributed by atoms with Gasteiger partial charge in [-0.15, -0.1) is 0 Å². The van der Waals surface area contributed by atoms with Crippen molar-refractivity contribution in [3.8, 4) is 5.75 Å². The molecule has 106 valence electrons. The van der Waals surface area contributed by atoms with Gasteiger partial charge in [-0.05, 0) is 36.5 Å². The normalized spacial score (nSPS) is 25.0. The van der Waals surface area contributed by atoms with Crippen molar-refractivity contribution < 1.29 is 9.47 Å². The average Bonchev–Trinajstić information content (AvgIpc) is 2.45. The lowest BCUT2D eigenvalue weighted by molar-refractivity contribution is -0.0283. The maximum absolute atomic E-state index is 6.33. The standard InChI is InChI=1S/C16H23IO2/c1-12-5-3-8-15(9-12)19-16(11-17)13-6-4-7-14(10-13)18-2/h4,6-7,10,12,15-16H,3,5,8-9,11H2,1-2H3. The summed E-state index contributed by atoms with van der Waals surface area (Å²) in [6.07, 6.45) is 5.69. The van der Waals surface area contributed by atoms with Gasteiger partial charge in [0.25, 0.3) is 0 Å². The van der Waals surface area contributed by atoms with Gasteiger partial charge in [-0.25, -0.2) is 0 Å². The summed E-state index contributed by atoms with van der Waals surface area (Å²) in [5, 5.41) is 0. The summed E-state index contributed by atoms with van der Waals surface area (Å²) in [5.74, 6) is 1.71. The number of methoxy groups -OCH3 is 1. The van der Waals surface area contributed by atoms with Crippen molar-refractivity contribution in [2.75, 3.05) is 11.5 Å². The minimum Gasteiger partial charge on any atom is -0.497 e. The third kappa shape index (κ3) is 4.35. The van der Waals surface area contributed by atoms with E-state index in [1.807, 2.05) is 12.1 Å². The zero-order valence-corrected chi connectivity index (χ0v) is 13.9. The molecule has 1 aromatic rings. The Balaban J connectivity index is 2.02. The Morgan fingerprint density at radius 1 is 1.37 bits per heavy atom. The Labute approximate surface area is 130 Å². The first-order valence-electron chi connectivity index (χ1n) is 7.08. The second-order valence-electron chi connectivity index (χ2n) is 5.45. The topological polar surface area (TPSA) is 18.5 Å². The summed E-state index contributed by atoms with van der Waals surface area (Å²) < 4.78 is 12.6. The molecule has 3 heteroatoms. The molecule has 1 aliphatic carbocycles. The second kappa shape index (κ2) is 7.48. The SMILES string of the molecule is COc1cccc(C(CI)OC2CCCC(C)C2)c1. The molecular weight excluding hydrogens is 351 g/mol. The van der Waals surface area contributed by atoms with Crippen molar-refractivity contribution in [2.45, 2.75) is 44.8 Å². The van der Waals surface area contributed by atoms with Gasteiger partial charge < -0.3 is 9.47 Å². The molecule has 0 saturated heterocycles. The fourth-order valence-corrected chi connectivity index (χ4v) is 3.50. The number of alkyl halides is 1. The molecule has 0 N–H and O–H groups in total. The fourth-order valence-electron chi connectivity index (χ4n) is 2.78. The molecule has 2 rings (SSSR count). The largest absolute Gasteiger partial charge is 0.497 e. The first-order chi connectivity index (χ1) is 9.22. The molecule has 2 nitrogen and oxygen atoms in total. The molecule has 0 heterocycles. The van der Waals surface area contributed by atoms with Crippen molar-refractivity contribution in [3.05, 3.63) is 29.8 Å². The minimum atomic E-state index is 0.186. The lowest BCUT2D eigenvalue weighted by Gasteiger charge is -2.30. The smallest absolute Gasteiger partial charge is 0.119 e. The zero-order chi connectivity index (χ0) is 13.7. The Bertz CT molecular complexity index is 394. The summed E-state index contributed by atoms with van der Waals surface area (Å²) in [5.41, 5.74) is 1.23. The predicted molar refractivity (Wildman–Crippen MR) is 87.1 cm³/mol. The lowest BCUT2D eigenvalue weighted by atomic mass is 9.88. The molecule has 1 aliphatic rings. The van der Waals surface area contributed by atoms with Gasteiger partial charge in [0.1, 0.15) is 5.75 Å². The first kappa shape index (κ1) is 15.1. The van der Waals surface area contributed by atoms with E-state index in [1.54, 1.807) is 7.11 Å². The van der Waals surface area contributed by atoms with Crippen LogP contribution in [0.4, 0.5) is 0 Å². The van der Waals surface area contributed by atoms with E-state index in [0.29, 0.717) is 6.10 Å². The van der Waals surface area contributed by atoms with E-state index < -0.39 is 0 Å². The predicted octanol–water partition coefficient (Wildman–Crippen LogP) is 4.77. The number of hydrogen-bond donors (Lipinski definition) is 0. The van der Waals surface area contributed by atoms with Crippen LogP contribution >= 0.6 is 22.6 Å². The summed E-state index contributed by atoms with van der Waals surface area (Å²) >= 11 is 2.41. The Kier molecular flexibility index (Phi) is 5.95. The molecule has 1 aromatic carbocycles. The molecular formula is C16H23IO2. The van der Waals surface area contributed by atoms with Crippen LogP contribution in [0.2, 0.25) is 0 Å². The van der Waals surface area contributed by atoms with Crippen molar-refractivity contribution in [1.29, 1.82) is 0 Å². The van der Waals surface area contributed by atoms with Crippen LogP contribution in [0.3, 0.4) is 0 Å². The summed E-state index contributed by atoms with van der Waals surface area (Å²) in [7, 11) is 1.71. The monoisotopic (exact) mass is 374 g/mol. The van der Waals surface area contributed by atoms with Crippen LogP contribution in [-0.4, -0.2) is 17.6 Å². The van der Waals surface area contributed by atoms with E-state index in [0.717, 1.165) is 16.1 Å². The summed E-state index contributed by atoms with van der Waals surface area (Å²) in [4.78, 5) is 0. The van der Waals surface area contributed by atoms with Crippen LogP contribution in [0.15, 0.2) is 24.3 Å². The first-order valence-corrected chi connectivity index (χ1v) is 8.61. The molecule has 3 atom stereocenters. The molecule has 0 spiro atoms. The Morgan fingerprint density at radius 3 is 2.89 bits per heavy atom. The van der Waals surface area contributed by atoms with Gasteiger partial charge >= 0.3 is 0 Å². The number of ether oxygens (including phenoxy) is 2. The maximum atomic E-state index is 6.33. The average molecular weight is 374 g/mol. The van der Waals surface area contributed by atoms with Crippen LogP contribution in [0, 0.1) is 5.92 Å². The van der Waals surface area contributed by atoms with Gasteiger partial charge in [0.15, 0.2) is 0 Å². The van der Waals surface area contributed by atoms with Gasteiger partial charge in [-0.3, -0.25) is 0 Å². The van der Waals surface area contributed by atoms with E-state index in [9.17, 15) is 0 Å². The van der Waals surface area contributed by atoms with Crippen molar-refractivity contribution in [1.82, 2.24) is 0 Å². The number of rotatable bonds is 5. The van der Waals surface area contributed by atoms with Crippen LogP contribution in [-0.2, 0) is 4.74 Å². The van der Waals surface area contributed by atoms with Crippen molar-refractivity contribution in [2.24, 2.45) is 5.92 Å². The highest BCUT2D eigenvalue weighted by molar-refractivity contribution is 14.1. The third-order valence-electron chi connectivity index (χ3n) is 3.85. The number of benzene rings is 1. The Morgan fingerprint density at radius 2 is 2.21 bits per heavy atom. The van der Waals surface area contributed by atoms with Gasteiger partial charge in [0, 0.05) is 4.43 Å². The summed E-state index contributed by atoms with van der Waals surface area (Å²) in [6.45, 7) is 2.33. The van der Waals surface area contributed by atoms with E-state index >= 15 is 0 Å². The molecule has 0 radical (unpaired) electrons. The molecule has 0 bridgehead atoms. The van der Waals surface area contributed by atoms with E-state index in [2.05, 4.69) is 41.6 Å². The zero-order valence-electron chi connectivity index (χ0n) is 11.8. The van der Waals surface area contributed by atoms with Gasteiger partial charge in [0.2, 0.25) is 0 Å². The van der Waals surface area contributed by atoms with E-state index in [1.165, 1.54) is 31.2 Å². The van der Waals surface area contributed by atoms with Gasteiger partial charge in [-0.1, -0.05) is 54.5 Å². The second-order valence-corrected chi connectivity index (χ2v) is 6.33. The van der Waals surface area contributed by atoms with Crippen LogP contribution < -0.4 is 4.74 Å². The third-order valence-corrected chi connectivity index (χ3v) is 4.65. The summed E-state index contributed by atoms with van der Waals surface area (Å²) in [6, 6.07) is 8.25. The number of hydrogen-bond acceptors (Lipinski definition) is 2. The van der Waals surface area contributed by atoms with Gasteiger partial charge in [0.05, 0.1) is 19.3 Å². The van der Waals surface area contributed by atoms with Gasteiger partial charge in [-0.2, -0.15) is 0 Å². The minimum absolute atomic E-state index is 0.186. The van der Waals surface area contributed by atoms with E-state index in [4.69, 9.17) is 9.47 Å². The highest BCUT2D eigenvalue weighted by Crippen LogP contribution is 2.31.